The number of urea groups is 1. The smallest absolute Gasteiger partial charge is 0.323 e. The van der Waals surface area contributed by atoms with Gasteiger partial charge in [0.1, 0.15) is 5.69 Å². The van der Waals surface area contributed by atoms with Crippen molar-refractivity contribution in [2.45, 2.75) is 0 Å². The van der Waals surface area contributed by atoms with Gasteiger partial charge < -0.3 is 29.9 Å². The third kappa shape index (κ3) is 4.44. The number of amides is 2. The number of benzene rings is 1. The highest BCUT2D eigenvalue weighted by molar-refractivity contribution is 6.01. The van der Waals surface area contributed by atoms with Gasteiger partial charge in [-0.2, -0.15) is 4.98 Å². The number of anilines is 4. The van der Waals surface area contributed by atoms with Crippen molar-refractivity contribution >= 4 is 29.2 Å². The van der Waals surface area contributed by atoms with E-state index in [1.165, 1.54) is 7.11 Å². The predicted octanol–water partition coefficient (Wildman–Crippen LogP) is 2.27. The second-order valence-corrected chi connectivity index (χ2v) is 5.85. The Balaban J connectivity index is 2.17. The van der Waals surface area contributed by atoms with Crippen LogP contribution in [0, 0.1) is 0 Å². The SMILES string of the molecule is COc1ccc(NC(=O)Nc2cnc(N(C)C)nc2N(C)C)cc1OC. The molecular weight excluding hydrogens is 336 g/mol. The molecule has 9 heteroatoms. The van der Waals surface area contributed by atoms with Crippen molar-refractivity contribution in [3.8, 4) is 11.5 Å². The summed E-state index contributed by atoms with van der Waals surface area (Å²) in [6.07, 6.45) is 1.58. The molecule has 1 heterocycles. The molecule has 0 saturated heterocycles. The summed E-state index contributed by atoms with van der Waals surface area (Å²) in [4.78, 5) is 24.6. The molecule has 0 fully saturated rings. The Morgan fingerprint density at radius 1 is 1.00 bits per heavy atom. The maximum Gasteiger partial charge on any atom is 0.323 e. The first-order chi connectivity index (χ1) is 12.3. The van der Waals surface area contributed by atoms with Crippen LogP contribution in [0.2, 0.25) is 0 Å². The molecule has 2 aromatic rings. The van der Waals surface area contributed by atoms with E-state index in [-0.39, 0.29) is 0 Å². The van der Waals surface area contributed by atoms with Crippen LogP contribution >= 0.6 is 0 Å². The first-order valence-corrected chi connectivity index (χ1v) is 7.87. The van der Waals surface area contributed by atoms with E-state index in [0.717, 1.165) is 0 Å². The van der Waals surface area contributed by atoms with E-state index < -0.39 is 6.03 Å². The summed E-state index contributed by atoms with van der Waals surface area (Å²) < 4.78 is 10.4. The maximum atomic E-state index is 12.4. The van der Waals surface area contributed by atoms with E-state index in [1.54, 1.807) is 41.3 Å². The van der Waals surface area contributed by atoms with Gasteiger partial charge in [-0.3, -0.25) is 0 Å². The molecular formula is C17H24N6O3. The van der Waals surface area contributed by atoms with Gasteiger partial charge in [-0.05, 0) is 12.1 Å². The lowest BCUT2D eigenvalue weighted by atomic mass is 10.3. The number of carbonyl (C=O) groups is 1. The first kappa shape index (κ1) is 19.1. The van der Waals surface area contributed by atoms with E-state index in [0.29, 0.717) is 34.6 Å². The average molecular weight is 360 g/mol. The zero-order chi connectivity index (χ0) is 19.3. The lowest BCUT2D eigenvalue weighted by Crippen LogP contribution is -2.23. The van der Waals surface area contributed by atoms with Crippen LogP contribution in [0.5, 0.6) is 11.5 Å². The van der Waals surface area contributed by atoms with Crippen molar-refractivity contribution in [1.82, 2.24) is 9.97 Å². The van der Waals surface area contributed by atoms with Crippen LogP contribution in [0.3, 0.4) is 0 Å². The summed E-state index contributed by atoms with van der Waals surface area (Å²) in [5, 5.41) is 5.52. The maximum absolute atomic E-state index is 12.4. The zero-order valence-electron chi connectivity index (χ0n) is 15.8. The highest BCUT2D eigenvalue weighted by Crippen LogP contribution is 2.30. The summed E-state index contributed by atoms with van der Waals surface area (Å²) in [5.41, 5.74) is 1.07. The summed E-state index contributed by atoms with van der Waals surface area (Å²) in [6, 6.07) is 4.70. The highest BCUT2D eigenvalue weighted by Gasteiger charge is 2.14. The number of hydrogen-bond acceptors (Lipinski definition) is 7. The molecule has 140 valence electrons. The lowest BCUT2D eigenvalue weighted by Gasteiger charge is -2.19. The topological polar surface area (TPSA) is 91.8 Å². The highest BCUT2D eigenvalue weighted by atomic mass is 16.5. The summed E-state index contributed by atoms with van der Waals surface area (Å²) in [5.74, 6) is 2.27. The van der Waals surface area contributed by atoms with Crippen molar-refractivity contribution in [2.24, 2.45) is 0 Å². The Morgan fingerprint density at radius 3 is 2.27 bits per heavy atom. The number of nitrogens with zero attached hydrogens (tertiary/aromatic N) is 4. The van der Waals surface area contributed by atoms with Gasteiger partial charge in [0.25, 0.3) is 0 Å². The van der Waals surface area contributed by atoms with Crippen molar-refractivity contribution in [1.29, 1.82) is 0 Å². The summed E-state index contributed by atoms with van der Waals surface area (Å²) >= 11 is 0. The molecule has 2 amide bonds. The van der Waals surface area contributed by atoms with Crippen LogP contribution < -0.4 is 29.9 Å². The molecule has 0 aliphatic heterocycles. The Hall–Kier alpha value is -3.23. The monoisotopic (exact) mass is 360 g/mol. The lowest BCUT2D eigenvalue weighted by molar-refractivity contribution is 0.262. The second-order valence-electron chi connectivity index (χ2n) is 5.85. The van der Waals surface area contributed by atoms with Gasteiger partial charge in [0.15, 0.2) is 17.3 Å². The third-order valence-corrected chi connectivity index (χ3v) is 3.47. The molecule has 0 spiro atoms. The molecule has 0 bridgehead atoms. The van der Waals surface area contributed by atoms with E-state index in [2.05, 4.69) is 20.6 Å². The number of ether oxygens (including phenoxy) is 2. The standard InChI is InChI=1S/C17H24N6O3/c1-22(2)15-12(10-18-16(21-15)23(3)4)20-17(24)19-11-7-8-13(25-5)14(9-11)26-6/h7-10H,1-6H3,(H2,19,20,24). The van der Waals surface area contributed by atoms with Gasteiger partial charge in [0.2, 0.25) is 5.95 Å². The minimum atomic E-state index is -0.415. The van der Waals surface area contributed by atoms with Crippen LogP contribution in [0.1, 0.15) is 0 Å². The quantitative estimate of drug-likeness (QED) is 0.816. The zero-order valence-corrected chi connectivity index (χ0v) is 15.8. The number of rotatable bonds is 6. The normalized spacial score (nSPS) is 10.1. The largest absolute Gasteiger partial charge is 0.493 e. The van der Waals surface area contributed by atoms with Gasteiger partial charge in [-0.15, -0.1) is 0 Å². The van der Waals surface area contributed by atoms with Gasteiger partial charge in [-0.25, -0.2) is 9.78 Å². The Labute approximate surface area is 152 Å². The molecule has 9 nitrogen and oxygen atoms in total. The molecule has 0 atom stereocenters. The van der Waals surface area contributed by atoms with Gasteiger partial charge in [-0.1, -0.05) is 0 Å². The molecule has 0 radical (unpaired) electrons. The molecule has 1 aromatic carbocycles. The Bertz CT molecular complexity index is 779. The number of carbonyl (C=O) groups excluding carboxylic acids is 1. The van der Waals surface area contributed by atoms with Crippen LogP contribution in [0.15, 0.2) is 24.4 Å². The molecule has 0 unspecified atom stereocenters. The van der Waals surface area contributed by atoms with Crippen LogP contribution in [0.25, 0.3) is 0 Å². The van der Waals surface area contributed by atoms with Crippen LogP contribution in [0.4, 0.5) is 27.9 Å². The van der Waals surface area contributed by atoms with E-state index >= 15 is 0 Å². The molecule has 0 aliphatic carbocycles. The predicted molar refractivity (Wildman–Crippen MR) is 103 cm³/mol. The summed E-state index contributed by atoms with van der Waals surface area (Å²) in [6.45, 7) is 0. The number of nitrogens with one attached hydrogen (secondary N) is 2. The fourth-order valence-corrected chi connectivity index (χ4v) is 2.21. The van der Waals surface area contributed by atoms with Gasteiger partial charge in [0.05, 0.1) is 20.4 Å². The van der Waals surface area contributed by atoms with Crippen molar-refractivity contribution < 1.29 is 14.3 Å². The van der Waals surface area contributed by atoms with Gasteiger partial charge >= 0.3 is 6.03 Å². The minimum absolute atomic E-state index is 0.415. The van der Waals surface area contributed by atoms with Crippen molar-refractivity contribution in [3.63, 3.8) is 0 Å². The number of methoxy groups -OCH3 is 2. The molecule has 2 rings (SSSR count). The molecule has 26 heavy (non-hydrogen) atoms. The fraction of sp³-hybridized carbons (Fsp3) is 0.353. The van der Waals surface area contributed by atoms with Gasteiger partial charge in [0, 0.05) is 39.9 Å². The Morgan fingerprint density at radius 2 is 1.69 bits per heavy atom. The third-order valence-electron chi connectivity index (χ3n) is 3.47. The number of aromatic nitrogens is 2. The van der Waals surface area contributed by atoms with Crippen LogP contribution in [-0.4, -0.2) is 58.4 Å². The van der Waals surface area contributed by atoms with Crippen molar-refractivity contribution in [3.05, 3.63) is 24.4 Å². The number of hydrogen-bond donors (Lipinski definition) is 2. The molecule has 0 aliphatic rings. The van der Waals surface area contributed by atoms with E-state index in [9.17, 15) is 4.79 Å². The van der Waals surface area contributed by atoms with Crippen LogP contribution in [-0.2, 0) is 0 Å². The fourth-order valence-electron chi connectivity index (χ4n) is 2.21. The van der Waals surface area contributed by atoms with Crippen molar-refractivity contribution in [2.75, 3.05) is 62.8 Å². The Kier molecular flexibility index (Phi) is 6.05. The minimum Gasteiger partial charge on any atom is -0.493 e. The first-order valence-electron chi connectivity index (χ1n) is 7.87. The second kappa shape index (κ2) is 8.24. The molecule has 0 saturated carbocycles. The van der Waals surface area contributed by atoms with E-state index in [4.69, 9.17) is 9.47 Å². The van der Waals surface area contributed by atoms with E-state index in [1.807, 2.05) is 28.2 Å². The summed E-state index contributed by atoms with van der Waals surface area (Å²) in [7, 11) is 10.5. The average Bonchev–Trinajstić information content (AvgIpc) is 2.61. The molecule has 1 aromatic heterocycles. The molecule has 2 N–H and O–H groups in total.